The van der Waals surface area contributed by atoms with Gasteiger partial charge in [-0.15, -0.1) is 24.0 Å². The largest absolute Gasteiger partial charge is 0.379 e. The number of rotatable bonds is 6. The molecule has 1 heterocycles. The third-order valence-corrected chi connectivity index (χ3v) is 5.78. The Morgan fingerprint density at radius 3 is 2.44 bits per heavy atom. The monoisotopic (exact) mass is 486 g/mol. The lowest BCUT2D eigenvalue weighted by Crippen LogP contribution is -2.42. The van der Waals surface area contributed by atoms with E-state index >= 15 is 0 Å². The minimum atomic E-state index is 0. The van der Waals surface area contributed by atoms with Crippen LogP contribution in [0.3, 0.4) is 0 Å². The highest BCUT2D eigenvalue weighted by molar-refractivity contribution is 14.0. The molecule has 1 aliphatic carbocycles. The number of ether oxygens (including phenoxy) is 1. The first kappa shape index (κ1) is 22.4. The lowest BCUT2D eigenvalue weighted by molar-refractivity contribution is 0.0341. The molecule has 0 aromatic heterocycles. The van der Waals surface area contributed by atoms with Crippen molar-refractivity contribution >= 4 is 29.9 Å². The topological polar surface area (TPSA) is 48.9 Å². The first-order chi connectivity index (χ1) is 12.7. The zero-order valence-corrected chi connectivity index (χ0v) is 19.1. The molecule has 2 N–H and O–H groups in total. The molecular weight excluding hydrogens is 451 g/mol. The van der Waals surface area contributed by atoms with E-state index < -0.39 is 0 Å². The molecule has 2 fully saturated rings. The van der Waals surface area contributed by atoms with Crippen molar-refractivity contribution in [1.82, 2.24) is 15.5 Å². The van der Waals surface area contributed by atoms with Crippen molar-refractivity contribution in [1.29, 1.82) is 0 Å². The van der Waals surface area contributed by atoms with E-state index in [1.54, 1.807) is 0 Å². The molecule has 1 saturated heterocycles. The Morgan fingerprint density at radius 1 is 1.11 bits per heavy atom. The highest BCUT2D eigenvalue weighted by Crippen LogP contribution is 2.36. The lowest BCUT2D eigenvalue weighted by Gasteiger charge is -2.27. The SMILES string of the molecule is CN=C(NCc1ccccc1CN1CCOCC1)NCC1(C)CCCC1.I. The van der Waals surface area contributed by atoms with Crippen LogP contribution in [-0.2, 0) is 17.8 Å². The maximum absolute atomic E-state index is 5.46. The number of guanidine groups is 1. The van der Waals surface area contributed by atoms with E-state index in [-0.39, 0.29) is 24.0 Å². The van der Waals surface area contributed by atoms with Crippen LogP contribution in [0.25, 0.3) is 0 Å². The molecule has 1 aliphatic heterocycles. The number of morpholine rings is 1. The van der Waals surface area contributed by atoms with Crippen molar-refractivity contribution in [3.8, 4) is 0 Å². The Morgan fingerprint density at radius 2 is 1.78 bits per heavy atom. The van der Waals surface area contributed by atoms with E-state index in [4.69, 9.17) is 4.74 Å². The van der Waals surface area contributed by atoms with Crippen LogP contribution in [0.5, 0.6) is 0 Å². The van der Waals surface area contributed by atoms with Gasteiger partial charge in [0.15, 0.2) is 5.96 Å². The van der Waals surface area contributed by atoms with Crippen LogP contribution in [0, 0.1) is 5.41 Å². The average Bonchev–Trinajstić information content (AvgIpc) is 3.11. The predicted octanol–water partition coefficient (Wildman–Crippen LogP) is 3.38. The molecule has 0 spiro atoms. The second-order valence-corrected chi connectivity index (χ2v) is 7.95. The summed E-state index contributed by atoms with van der Waals surface area (Å²) in [7, 11) is 1.85. The maximum atomic E-state index is 5.46. The summed E-state index contributed by atoms with van der Waals surface area (Å²) in [4.78, 5) is 6.88. The molecule has 0 unspecified atom stereocenters. The van der Waals surface area contributed by atoms with E-state index in [0.717, 1.165) is 51.9 Å². The fraction of sp³-hybridized carbons (Fsp3) is 0.667. The Labute approximate surface area is 181 Å². The molecule has 0 bridgehead atoms. The van der Waals surface area contributed by atoms with Crippen molar-refractivity contribution in [2.75, 3.05) is 39.9 Å². The number of aliphatic imine (C=N–C) groups is 1. The van der Waals surface area contributed by atoms with Crippen LogP contribution in [0.2, 0.25) is 0 Å². The second kappa shape index (κ2) is 11.2. The van der Waals surface area contributed by atoms with Gasteiger partial charge < -0.3 is 15.4 Å². The molecular formula is C21H35IN4O. The second-order valence-electron chi connectivity index (χ2n) is 7.95. The van der Waals surface area contributed by atoms with Gasteiger partial charge in [-0.3, -0.25) is 9.89 Å². The van der Waals surface area contributed by atoms with E-state index in [9.17, 15) is 0 Å². The summed E-state index contributed by atoms with van der Waals surface area (Å²) >= 11 is 0. The Bertz CT molecular complexity index is 596. The summed E-state index contributed by atoms with van der Waals surface area (Å²) in [5.41, 5.74) is 3.15. The van der Waals surface area contributed by atoms with Gasteiger partial charge in [-0.05, 0) is 29.4 Å². The summed E-state index contributed by atoms with van der Waals surface area (Å²) < 4.78 is 5.46. The van der Waals surface area contributed by atoms with Crippen molar-refractivity contribution in [2.45, 2.75) is 45.7 Å². The summed E-state index contributed by atoms with van der Waals surface area (Å²) in [6.07, 6.45) is 5.36. The number of benzene rings is 1. The number of nitrogens with zero attached hydrogens (tertiary/aromatic N) is 2. The quantitative estimate of drug-likeness (QED) is 0.368. The molecule has 0 atom stereocenters. The first-order valence-electron chi connectivity index (χ1n) is 10.00. The van der Waals surface area contributed by atoms with Crippen LogP contribution < -0.4 is 10.6 Å². The van der Waals surface area contributed by atoms with Gasteiger partial charge in [0, 0.05) is 39.8 Å². The fourth-order valence-electron chi connectivity index (χ4n) is 3.99. The number of nitrogens with one attached hydrogen (secondary N) is 2. The summed E-state index contributed by atoms with van der Waals surface area (Å²) in [5.74, 6) is 0.902. The molecule has 27 heavy (non-hydrogen) atoms. The molecule has 0 radical (unpaired) electrons. The standard InChI is InChI=1S/C21H34N4O.HI/c1-21(9-5-6-10-21)17-24-20(22-2)23-15-18-7-3-4-8-19(18)16-25-11-13-26-14-12-25;/h3-4,7-8H,5-6,9-17H2,1-2H3,(H2,22,23,24);1H. The van der Waals surface area contributed by atoms with Crippen molar-refractivity contribution in [3.63, 3.8) is 0 Å². The highest BCUT2D eigenvalue weighted by Gasteiger charge is 2.28. The number of hydrogen-bond acceptors (Lipinski definition) is 3. The van der Waals surface area contributed by atoms with E-state index in [0.29, 0.717) is 5.41 Å². The summed E-state index contributed by atoms with van der Waals surface area (Å²) in [6, 6.07) is 8.71. The zero-order chi connectivity index (χ0) is 18.2. The van der Waals surface area contributed by atoms with Crippen molar-refractivity contribution in [2.24, 2.45) is 10.4 Å². The van der Waals surface area contributed by atoms with Gasteiger partial charge >= 0.3 is 0 Å². The maximum Gasteiger partial charge on any atom is 0.191 e. The van der Waals surface area contributed by atoms with E-state index in [2.05, 4.69) is 51.7 Å². The van der Waals surface area contributed by atoms with Crippen LogP contribution in [-0.4, -0.2) is 50.8 Å². The zero-order valence-electron chi connectivity index (χ0n) is 16.8. The Balaban J connectivity index is 0.00000261. The van der Waals surface area contributed by atoms with Gasteiger partial charge in [-0.1, -0.05) is 44.0 Å². The third kappa shape index (κ3) is 6.91. The van der Waals surface area contributed by atoms with Gasteiger partial charge in [0.1, 0.15) is 0 Å². The van der Waals surface area contributed by atoms with Crippen molar-refractivity contribution < 1.29 is 4.74 Å². The molecule has 3 rings (SSSR count). The van der Waals surface area contributed by atoms with E-state index in [1.807, 2.05) is 7.05 Å². The fourth-order valence-corrected chi connectivity index (χ4v) is 3.99. The van der Waals surface area contributed by atoms with Crippen molar-refractivity contribution in [3.05, 3.63) is 35.4 Å². The van der Waals surface area contributed by atoms with Crippen LogP contribution in [0.4, 0.5) is 0 Å². The molecule has 5 nitrogen and oxygen atoms in total. The van der Waals surface area contributed by atoms with E-state index in [1.165, 1.54) is 36.8 Å². The normalized spacial score (nSPS) is 20.1. The molecule has 1 aromatic carbocycles. The lowest BCUT2D eigenvalue weighted by atomic mass is 9.89. The van der Waals surface area contributed by atoms with Gasteiger partial charge in [0.05, 0.1) is 13.2 Å². The van der Waals surface area contributed by atoms with Gasteiger partial charge in [0.2, 0.25) is 0 Å². The van der Waals surface area contributed by atoms with Crippen LogP contribution >= 0.6 is 24.0 Å². The highest BCUT2D eigenvalue weighted by atomic mass is 127. The van der Waals surface area contributed by atoms with Crippen LogP contribution in [0.1, 0.15) is 43.7 Å². The molecule has 0 amide bonds. The van der Waals surface area contributed by atoms with Gasteiger partial charge in [-0.2, -0.15) is 0 Å². The smallest absolute Gasteiger partial charge is 0.191 e. The molecule has 6 heteroatoms. The predicted molar refractivity (Wildman–Crippen MR) is 123 cm³/mol. The average molecular weight is 486 g/mol. The van der Waals surface area contributed by atoms with Gasteiger partial charge in [0.25, 0.3) is 0 Å². The van der Waals surface area contributed by atoms with Gasteiger partial charge in [-0.25, -0.2) is 0 Å². The number of halogens is 1. The molecule has 1 aromatic rings. The number of hydrogen-bond donors (Lipinski definition) is 2. The summed E-state index contributed by atoms with van der Waals surface area (Å²) in [5, 5.41) is 7.04. The van der Waals surface area contributed by atoms with Crippen LogP contribution in [0.15, 0.2) is 29.3 Å². The minimum absolute atomic E-state index is 0. The Hall–Kier alpha value is -0.860. The molecule has 152 valence electrons. The molecule has 1 saturated carbocycles. The third-order valence-electron chi connectivity index (χ3n) is 5.78. The minimum Gasteiger partial charge on any atom is -0.379 e. The summed E-state index contributed by atoms with van der Waals surface area (Å²) in [6.45, 7) is 8.90. The Kier molecular flexibility index (Phi) is 9.32. The molecule has 2 aliphatic rings. The first-order valence-corrected chi connectivity index (χ1v) is 10.00.